The molecule has 0 aliphatic carbocycles. The number of aliphatic carboxylic acids is 1. The van der Waals surface area contributed by atoms with Crippen LogP contribution in [-0.4, -0.2) is 11.1 Å². The lowest BCUT2D eigenvalue weighted by molar-refractivity contribution is -0.141. The fourth-order valence-electron chi connectivity index (χ4n) is 3.15. The van der Waals surface area contributed by atoms with Gasteiger partial charge in [-0.2, -0.15) is 0 Å². The van der Waals surface area contributed by atoms with Crippen LogP contribution in [0.15, 0.2) is 24.3 Å². The molecule has 1 atom stereocenters. The smallest absolute Gasteiger partial charge is 0.306 e. The second kappa shape index (κ2) is 14.6. The number of hydrogen-bond acceptors (Lipinski definition) is 1. The summed E-state index contributed by atoms with van der Waals surface area (Å²) in [6.45, 7) is 1.81. The Bertz CT molecular complexity index is 456. The Hall–Kier alpha value is -0.580. The molecule has 0 fully saturated rings. The van der Waals surface area contributed by atoms with Gasteiger partial charge < -0.3 is 5.11 Å². The van der Waals surface area contributed by atoms with Crippen LogP contribution in [0.3, 0.4) is 0 Å². The van der Waals surface area contributed by atoms with Crippen LogP contribution in [-0.2, 0) is 11.2 Å². The van der Waals surface area contributed by atoms with Crippen LogP contribution in [0.4, 0.5) is 0 Å². The van der Waals surface area contributed by atoms with Crippen molar-refractivity contribution in [3.63, 3.8) is 0 Å². The maximum absolute atomic E-state index is 10.7. The summed E-state index contributed by atoms with van der Waals surface area (Å²) >= 11 is 2.36. The summed E-state index contributed by atoms with van der Waals surface area (Å²) in [5, 5.41) is 8.83. The summed E-state index contributed by atoms with van der Waals surface area (Å²) in [6, 6.07) is 8.90. The lowest BCUT2D eigenvalue weighted by Gasteiger charge is -2.06. The van der Waals surface area contributed by atoms with Crippen molar-refractivity contribution in [3.05, 3.63) is 33.4 Å². The molecule has 0 heterocycles. The normalized spacial score (nSPS) is 12.2. The van der Waals surface area contributed by atoms with Crippen molar-refractivity contribution in [1.82, 2.24) is 0 Å². The quantitative estimate of drug-likeness (QED) is 0.222. The average molecular weight is 458 g/mol. The molecule has 1 aromatic carbocycles. The SMILES string of the molecule is C[C@H](CCCCCCCCCCCCCc1ccc(I)cc1)C(=O)O. The molecule has 1 N–H and O–H groups in total. The van der Waals surface area contributed by atoms with E-state index in [0.717, 1.165) is 12.8 Å². The molecule has 0 spiro atoms. The molecule has 0 unspecified atom stereocenters. The summed E-state index contributed by atoms with van der Waals surface area (Å²) in [4.78, 5) is 10.7. The highest BCUT2D eigenvalue weighted by atomic mass is 127. The molecule has 0 radical (unpaired) electrons. The first-order chi connectivity index (χ1) is 12.1. The lowest BCUT2D eigenvalue weighted by atomic mass is 10.0. The van der Waals surface area contributed by atoms with Crippen LogP contribution in [0.25, 0.3) is 0 Å². The minimum atomic E-state index is -0.654. The number of aryl methyl sites for hydroxylation is 1. The van der Waals surface area contributed by atoms with Gasteiger partial charge in [0.1, 0.15) is 0 Å². The number of unbranched alkanes of at least 4 members (excludes halogenated alkanes) is 10. The van der Waals surface area contributed by atoms with Gasteiger partial charge >= 0.3 is 5.97 Å². The lowest BCUT2D eigenvalue weighted by Crippen LogP contribution is -2.08. The van der Waals surface area contributed by atoms with Crippen LogP contribution in [0, 0.1) is 9.49 Å². The van der Waals surface area contributed by atoms with E-state index in [4.69, 9.17) is 5.11 Å². The van der Waals surface area contributed by atoms with E-state index >= 15 is 0 Å². The molecule has 1 aromatic rings. The molecule has 3 heteroatoms. The molecule has 0 aliphatic heterocycles. The summed E-state index contributed by atoms with van der Waals surface area (Å²) in [5.74, 6) is -0.829. The van der Waals surface area contributed by atoms with Crippen molar-refractivity contribution in [2.45, 2.75) is 90.4 Å². The molecular formula is C22H35IO2. The number of rotatable bonds is 15. The zero-order chi connectivity index (χ0) is 18.3. The molecule has 142 valence electrons. The van der Waals surface area contributed by atoms with E-state index < -0.39 is 5.97 Å². The number of carboxylic acid groups (broad SMARTS) is 1. The first-order valence-electron chi connectivity index (χ1n) is 10.1. The minimum absolute atomic E-state index is 0.175. The Balaban J connectivity index is 1.80. The maximum Gasteiger partial charge on any atom is 0.306 e. The van der Waals surface area contributed by atoms with Crippen molar-refractivity contribution < 1.29 is 9.90 Å². The van der Waals surface area contributed by atoms with Crippen LogP contribution >= 0.6 is 22.6 Å². The van der Waals surface area contributed by atoms with Crippen LogP contribution in [0.1, 0.15) is 89.5 Å². The number of halogens is 1. The van der Waals surface area contributed by atoms with Crippen molar-refractivity contribution in [1.29, 1.82) is 0 Å². The highest BCUT2D eigenvalue weighted by Crippen LogP contribution is 2.15. The molecule has 0 aliphatic rings. The molecule has 2 nitrogen and oxygen atoms in total. The Kier molecular flexibility index (Phi) is 13.1. The Morgan fingerprint density at radius 2 is 1.28 bits per heavy atom. The van der Waals surface area contributed by atoms with Gasteiger partial charge in [0.15, 0.2) is 0 Å². The highest BCUT2D eigenvalue weighted by molar-refractivity contribution is 14.1. The molecule has 0 saturated carbocycles. The zero-order valence-corrected chi connectivity index (χ0v) is 18.0. The molecule has 0 bridgehead atoms. The van der Waals surface area contributed by atoms with Crippen LogP contribution < -0.4 is 0 Å². The van der Waals surface area contributed by atoms with Gasteiger partial charge in [0.2, 0.25) is 0 Å². The molecule has 0 saturated heterocycles. The largest absolute Gasteiger partial charge is 0.481 e. The van der Waals surface area contributed by atoms with E-state index in [1.807, 2.05) is 6.92 Å². The second-order valence-corrected chi connectivity index (χ2v) is 8.54. The number of hydrogen-bond donors (Lipinski definition) is 1. The van der Waals surface area contributed by atoms with Gasteiger partial charge in [0.05, 0.1) is 5.92 Å². The van der Waals surface area contributed by atoms with Crippen molar-refractivity contribution >= 4 is 28.6 Å². The first kappa shape index (κ1) is 22.5. The van der Waals surface area contributed by atoms with Crippen LogP contribution in [0.5, 0.6) is 0 Å². The van der Waals surface area contributed by atoms with Crippen molar-refractivity contribution in [2.75, 3.05) is 0 Å². The van der Waals surface area contributed by atoms with E-state index in [9.17, 15) is 4.79 Å². The van der Waals surface area contributed by atoms with E-state index in [1.54, 1.807) is 0 Å². The average Bonchev–Trinajstić information content (AvgIpc) is 2.60. The van der Waals surface area contributed by atoms with Gasteiger partial charge in [-0.3, -0.25) is 4.79 Å². The summed E-state index contributed by atoms with van der Waals surface area (Å²) in [7, 11) is 0. The topological polar surface area (TPSA) is 37.3 Å². The molecule has 25 heavy (non-hydrogen) atoms. The van der Waals surface area contributed by atoms with Gasteiger partial charge in [-0.1, -0.05) is 83.3 Å². The Morgan fingerprint density at radius 1 is 0.840 bits per heavy atom. The first-order valence-corrected chi connectivity index (χ1v) is 11.1. The molecule has 1 rings (SSSR count). The number of carbonyl (C=O) groups is 1. The van der Waals surface area contributed by atoms with E-state index in [2.05, 4.69) is 46.9 Å². The van der Waals surface area contributed by atoms with Gasteiger partial charge in [0, 0.05) is 3.57 Å². The third-order valence-electron chi connectivity index (χ3n) is 4.94. The van der Waals surface area contributed by atoms with E-state index in [-0.39, 0.29) is 5.92 Å². The van der Waals surface area contributed by atoms with Crippen molar-refractivity contribution in [3.8, 4) is 0 Å². The predicted molar refractivity (Wildman–Crippen MR) is 115 cm³/mol. The third-order valence-corrected chi connectivity index (χ3v) is 5.66. The van der Waals surface area contributed by atoms with Gasteiger partial charge in [-0.25, -0.2) is 0 Å². The molecular weight excluding hydrogens is 423 g/mol. The third kappa shape index (κ3) is 12.4. The molecule has 0 amide bonds. The van der Waals surface area contributed by atoms with Crippen LogP contribution in [0.2, 0.25) is 0 Å². The summed E-state index contributed by atoms with van der Waals surface area (Å²) < 4.78 is 1.32. The monoisotopic (exact) mass is 458 g/mol. The number of carboxylic acids is 1. The van der Waals surface area contributed by atoms with Gasteiger partial charge in [0.25, 0.3) is 0 Å². The van der Waals surface area contributed by atoms with Crippen molar-refractivity contribution in [2.24, 2.45) is 5.92 Å². The summed E-state index contributed by atoms with van der Waals surface area (Å²) in [6.07, 6.45) is 16.4. The Morgan fingerprint density at radius 3 is 1.76 bits per heavy atom. The second-order valence-electron chi connectivity index (χ2n) is 7.29. The summed E-state index contributed by atoms with van der Waals surface area (Å²) in [5.41, 5.74) is 1.47. The standard InChI is InChI=1S/C22H35IO2/c1-19(22(24)25)13-11-9-7-5-3-2-4-6-8-10-12-14-20-15-17-21(23)18-16-20/h15-19H,2-14H2,1H3,(H,24,25)/t19-/m1/s1. The predicted octanol–water partition coefficient (Wildman–Crippen LogP) is 7.24. The number of benzene rings is 1. The maximum atomic E-state index is 10.7. The molecule has 0 aromatic heterocycles. The van der Waals surface area contributed by atoms with E-state index in [1.165, 1.54) is 79.8 Å². The van der Waals surface area contributed by atoms with E-state index in [0.29, 0.717) is 0 Å². The highest BCUT2D eigenvalue weighted by Gasteiger charge is 2.09. The van der Waals surface area contributed by atoms with Gasteiger partial charge in [-0.15, -0.1) is 0 Å². The zero-order valence-electron chi connectivity index (χ0n) is 15.8. The van der Waals surface area contributed by atoms with Gasteiger partial charge in [-0.05, 0) is 59.5 Å². The fourth-order valence-corrected chi connectivity index (χ4v) is 3.50. The Labute approximate surface area is 167 Å². The fraction of sp³-hybridized carbons (Fsp3) is 0.682. The minimum Gasteiger partial charge on any atom is -0.481 e.